The lowest BCUT2D eigenvalue weighted by Crippen LogP contribution is -2.16. The predicted octanol–water partition coefficient (Wildman–Crippen LogP) is 4.89. The highest BCUT2D eigenvalue weighted by Crippen LogP contribution is 2.28. The molecule has 0 aliphatic heterocycles. The van der Waals surface area contributed by atoms with Crippen LogP contribution < -0.4 is 5.32 Å². The van der Waals surface area contributed by atoms with Gasteiger partial charge in [-0.05, 0) is 67.1 Å². The highest BCUT2D eigenvalue weighted by atomic mass is 32.2. The summed E-state index contributed by atoms with van der Waals surface area (Å²) in [6.07, 6.45) is 0. The topological polar surface area (TPSA) is 52.9 Å². The highest BCUT2D eigenvalue weighted by molar-refractivity contribution is 8.03. The summed E-state index contributed by atoms with van der Waals surface area (Å²) in [5.74, 6) is -1.44. The molecular formula is C17H14F2N2OS2. The SMILES string of the molecule is Cc1cc(SC#N)cc(C)c1NC(=O)CSc1cc(F)ccc1F. The second kappa shape index (κ2) is 8.18. The number of thiocyanates is 1. The zero-order valence-corrected chi connectivity index (χ0v) is 14.7. The van der Waals surface area contributed by atoms with Gasteiger partial charge in [-0.1, -0.05) is 0 Å². The van der Waals surface area contributed by atoms with Crippen LogP contribution in [0.15, 0.2) is 40.1 Å². The molecule has 2 aromatic rings. The summed E-state index contributed by atoms with van der Waals surface area (Å²) in [5, 5.41) is 13.5. The number of halogens is 2. The molecule has 2 aromatic carbocycles. The number of hydrogen-bond acceptors (Lipinski definition) is 4. The summed E-state index contributed by atoms with van der Waals surface area (Å²) in [6.45, 7) is 3.67. The fourth-order valence-electron chi connectivity index (χ4n) is 2.14. The molecule has 0 bridgehead atoms. The number of aryl methyl sites for hydroxylation is 2. The smallest absolute Gasteiger partial charge is 0.234 e. The lowest BCUT2D eigenvalue weighted by molar-refractivity contribution is -0.113. The molecule has 0 radical (unpaired) electrons. The van der Waals surface area contributed by atoms with Gasteiger partial charge in [0, 0.05) is 15.5 Å². The molecule has 0 aromatic heterocycles. The molecule has 7 heteroatoms. The summed E-state index contributed by atoms with van der Waals surface area (Å²) in [7, 11) is 0. The van der Waals surface area contributed by atoms with Crippen LogP contribution in [0.5, 0.6) is 0 Å². The van der Waals surface area contributed by atoms with Crippen molar-refractivity contribution in [1.29, 1.82) is 5.26 Å². The molecule has 24 heavy (non-hydrogen) atoms. The average molecular weight is 364 g/mol. The number of anilines is 1. The van der Waals surface area contributed by atoms with Crippen molar-refractivity contribution < 1.29 is 13.6 Å². The van der Waals surface area contributed by atoms with E-state index in [1.54, 1.807) is 0 Å². The van der Waals surface area contributed by atoms with Crippen molar-refractivity contribution in [2.75, 3.05) is 11.1 Å². The van der Waals surface area contributed by atoms with Crippen LogP contribution in [0.25, 0.3) is 0 Å². The van der Waals surface area contributed by atoms with Crippen LogP contribution in [-0.2, 0) is 4.79 Å². The monoisotopic (exact) mass is 364 g/mol. The van der Waals surface area contributed by atoms with E-state index >= 15 is 0 Å². The van der Waals surface area contributed by atoms with Crippen LogP contribution in [-0.4, -0.2) is 11.7 Å². The van der Waals surface area contributed by atoms with E-state index in [1.165, 1.54) is 0 Å². The van der Waals surface area contributed by atoms with Crippen molar-refractivity contribution in [2.24, 2.45) is 0 Å². The van der Waals surface area contributed by atoms with Crippen molar-refractivity contribution in [1.82, 2.24) is 0 Å². The van der Waals surface area contributed by atoms with Gasteiger partial charge in [-0.25, -0.2) is 8.78 Å². The maximum Gasteiger partial charge on any atom is 0.234 e. The van der Waals surface area contributed by atoms with Gasteiger partial charge in [-0.2, -0.15) is 5.26 Å². The van der Waals surface area contributed by atoms with Crippen LogP contribution in [0, 0.1) is 36.1 Å². The molecule has 1 N–H and O–H groups in total. The molecule has 2 rings (SSSR count). The maximum atomic E-state index is 13.5. The number of nitriles is 1. The normalized spacial score (nSPS) is 10.3. The molecule has 124 valence electrons. The van der Waals surface area contributed by atoms with Crippen LogP contribution >= 0.6 is 23.5 Å². The van der Waals surface area contributed by atoms with Gasteiger partial charge >= 0.3 is 0 Å². The molecule has 0 saturated carbocycles. The van der Waals surface area contributed by atoms with E-state index in [4.69, 9.17) is 5.26 Å². The molecular weight excluding hydrogens is 350 g/mol. The van der Waals surface area contributed by atoms with Gasteiger partial charge in [-0.15, -0.1) is 11.8 Å². The lowest BCUT2D eigenvalue weighted by Gasteiger charge is -2.13. The van der Waals surface area contributed by atoms with Crippen molar-refractivity contribution in [3.63, 3.8) is 0 Å². The van der Waals surface area contributed by atoms with Gasteiger partial charge in [0.15, 0.2) is 0 Å². The number of amides is 1. The molecule has 0 atom stereocenters. The van der Waals surface area contributed by atoms with Crippen molar-refractivity contribution in [3.8, 4) is 5.40 Å². The molecule has 0 spiro atoms. The lowest BCUT2D eigenvalue weighted by atomic mass is 10.1. The van der Waals surface area contributed by atoms with Crippen LogP contribution in [0.3, 0.4) is 0 Å². The van der Waals surface area contributed by atoms with Gasteiger partial charge in [0.05, 0.1) is 5.75 Å². The molecule has 3 nitrogen and oxygen atoms in total. The van der Waals surface area contributed by atoms with E-state index < -0.39 is 11.6 Å². The van der Waals surface area contributed by atoms with E-state index in [1.807, 2.05) is 31.4 Å². The number of thioether (sulfide) groups is 2. The van der Waals surface area contributed by atoms with E-state index in [0.717, 1.165) is 57.7 Å². The first-order valence-corrected chi connectivity index (χ1v) is 8.76. The van der Waals surface area contributed by atoms with Gasteiger partial charge < -0.3 is 5.32 Å². The number of nitrogens with one attached hydrogen (secondary N) is 1. The average Bonchev–Trinajstić information content (AvgIpc) is 2.52. The number of carbonyl (C=O) groups excluding carboxylic acids is 1. The number of hydrogen-bond donors (Lipinski definition) is 1. The first-order valence-electron chi connectivity index (χ1n) is 6.95. The minimum Gasteiger partial charge on any atom is -0.325 e. The first kappa shape index (κ1) is 18.3. The fourth-order valence-corrected chi connectivity index (χ4v) is 3.48. The maximum absolute atomic E-state index is 13.5. The van der Waals surface area contributed by atoms with Gasteiger partial charge in [0.2, 0.25) is 5.91 Å². The molecule has 0 aliphatic rings. The molecule has 0 aliphatic carbocycles. The third-order valence-electron chi connectivity index (χ3n) is 3.19. The standard InChI is InChI=1S/C17H14F2N2OS2/c1-10-5-13(24-9-20)6-11(2)17(10)21-16(22)8-23-15-7-12(18)3-4-14(15)19/h3-7H,8H2,1-2H3,(H,21,22). The second-order valence-electron chi connectivity index (χ2n) is 5.04. The zero-order valence-electron chi connectivity index (χ0n) is 13.0. The Labute approximate surface area is 147 Å². The number of nitrogens with zero attached hydrogens (tertiary/aromatic N) is 1. The largest absolute Gasteiger partial charge is 0.325 e. The molecule has 0 heterocycles. The van der Waals surface area contributed by atoms with Crippen molar-refractivity contribution in [2.45, 2.75) is 23.6 Å². The Morgan fingerprint density at radius 2 is 1.88 bits per heavy atom. The third-order valence-corrected chi connectivity index (χ3v) is 4.78. The van der Waals surface area contributed by atoms with Crippen molar-refractivity contribution in [3.05, 3.63) is 53.1 Å². The Balaban J connectivity index is 2.05. The van der Waals surface area contributed by atoms with E-state index in [2.05, 4.69) is 5.32 Å². The second-order valence-corrected chi connectivity index (χ2v) is 6.91. The first-order chi connectivity index (χ1) is 11.4. The van der Waals surface area contributed by atoms with Gasteiger partial charge in [0.25, 0.3) is 0 Å². The Kier molecular flexibility index (Phi) is 6.23. The van der Waals surface area contributed by atoms with Gasteiger partial charge in [0.1, 0.15) is 17.0 Å². The van der Waals surface area contributed by atoms with E-state index in [9.17, 15) is 13.6 Å². The number of carbonyl (C=O) groups is 1. The Bertz CT molecular complexity index is 796. The molecule has 0 fully saturated rings. The minimum atomic E-state index is -0.556. The minimum absolute atomic E-state index is 0.0338. The number of rotatable bonds is 5. The summed E-state index contributed by atoms with van der Waals surface area (Å²) < 4.78 is 26.7. The summed E-state index contributed by atoms with van der Waals surface area (Å²) in [6, 6.07) is 6.77. The number of benzene rings is 2. The van der Waals surface area contributed by atoms with E-state index in [0.29, 0.717) is 5.69 Å². The van der Waals surface area contributed by atoms with Crippen LogP contribution in [0.4, 0.5) is 14.5 Å². The van der Waals surface area contributed by atoms with Crippen molar-refractivity contribution >= 4 is 35.1 Å². The molecule has 0 saturated heterocycles. The van der Waals surface area contributed by atoms with Crippen LogP contribution in [0.2, 0.25) is 0 Å². The Morgan fingerprint density at radius 1 is 1.21 bits per heavy atom. The summed E-state index contributed by atoms with van der Waals surface area (Å²) in [4.78, 5) is 13.0. The molecule has 0 unspecified atom stereocenters. The van der Waals surface area contributed by atoms with E-state index in [-0.39, 0.29) is 16.6 Å². The third kappa shape index (κ3) is 4.73. The predicted molar refractivity (Wildman–Crippen MR) is 93.1 cm³/mol. The fraction of sp³-hybridized carbons (Fsp3) is 0.176. The quantitative estimate of drug-likeness (QED) is 0.606. The Hall–Kier alpha value is -2.04. The summed E-state index contributed by atoms with van der Waals surface area (Å²) >= 11 is 1.99. The zero-order chi connectivity index (χ0) is 17.7. The van der Waals surface area contributed by atoms with Gasteiger partial charge in [-0.3, -0.25) is 4.79 Å². The highest BCUT2D eigenvalue weighted by Gasteiger charge is 2.12. The summed E-state index contributed by atoms with van der Waals surface area (Å²) in [5.41, 5.74) is 2.34. The Morgan fingerprint density at radius 3 is 2.50 bits per heavy atom. The molecule has 1 amide bonds. The van der Waals surface area contributed by atoms with Crippen LogP contribution in [0.1, 0.15) is 11.1 Å².